The Bertz CT molecular complexity index is 904. The molecule has 0 atom stereocenters. The predicted octanol–water partition coefficient (Wildman–Crippen LogP) is 4.45. The largest absolute Gasteiger partial charge is 0.427 e. The molecule has 1 fully saturated rings. The molecule has 0 aliphatic heterocycles. The fourth-order valence-electron chi connectivity index (χ4n) is 3.80. The molecular formula is C24H28N2O4. The number of esters is 1. The fraction of sp³-hybridized carbons (Fsp3) is 0.375. The molecule has 2 amide bonds. The van der Waals surface area contributed by atoms with Gasteiger partial charge in [-0.3, -0.25) is 14.4 Å². The summed E-state index contributed by atoms with van der Waals surface area (Å²) in [7, 11) is 0. The van der Waals surface area contributed by atoms with E-state index in [1.54, 1.807) is 18.2 Å². The summed E-state index contributed by atoms with van der Waals surface area (Å²) in [6.45, 7) is 1.59. The van der Waals surface area contributed by atoms with Crippen LogP contribution in [0.2, 0.25) is 0 Å². The van der Waals surface area contributed by atoms with Crippen LogP contribution in [-0.4, -0.2) is 17.8 Å². The third-order valence-electron chi connectivity index (χ3n) is 5.29. The maximum atomic E-state index is 12.5. The number of nitrogens with one attached hydrogen (secondary N) is 2. The quantitative estimate of drug-likeness (QED) is 0.524. The highest BCUT2D eigenvalue weighted by molar-refractivity contribution is 5.95. The molecule has 6 heteroatoms. The molecular weight excluding hydrogens is 380 g/mol. The van der Waals surface area contributed by atoms with E-state index >= 15 is 0 Å². The average Bonchev–Trinajstić information content (AvgIpc) is 2.73. The summed E-state index contributed by atoms with van der Waals surface area (Å²) < 4.78 is 5.03. The van der Waals surface area contributed by atoms with Crippen molar-refractivity contribution in [1.82, 2.24) is 5.32 Å². The Labute approximate surface area is 177 Å². The van der Waals surface area contributed by atoms with E-state index < -0.39 is 5.97 Å². The van der Waals surface area contributed by atoms with Gasteiger partial charge < -0.3 is 15.4 Å². The van der Waals surface area contributed by atoms with Gasteiger partial charge in [-0.25, -0.2) is 0 Å². The highest BCUT2D eigenvalue weighted by Crippen LogP contribution is 2.27. The molecule has 3 rings (SSSR count). The summed E-state index contributed by atoms with van der Waals surface area (Å²) in [5, 5.41) is 5.86. The summed E-state index contributed by atoms with van der Waals surface area (Å²) in [4.78, 5) is 36.1. The lowest BCUT2D eigenvalue weighted by atomic mass is 9.87. The van der Waals surface area contributed by atoms with E-state index in [0.29, 0.717) is 29.3 Å². The second-order valence-corrected chi connectivity index (χ2v) is 7.72. The van der Waals surface area contributed by atoms with E-state index in [2.05, 4.69) is 10.6 Å². The van der Waals surface area contributed by atoms with Crippen LogP contribution < -0.4 is 15.4 Å². The minimum absolute atomic E-state index is 0.0229. The molecule has 0 saturated heterocycles. The Balaban J connectivity index is 1.58. The van der Waals surface area contributed by atoms with Gasteiger partial charge >= 0.3 is 5.97 Å². The Morgan fingerprint density at radius 2 is 1.77 bits per heavy atom. The summed E-state index contributed by atoms with van der Waals surface area (Å²) in [6.07, 6.45) is 6.47. The third kappa shape index (κ3) is 6.44. The molecule has 1 aliphatic carbocycles. The number of carbonyl (C=O) groups excluding carboxylic acids is 3. The number of ether oxygens (including phenoxy) is 1. The van der Waals surface area contributed by atoms with Crippen LogP contribution in [0.5, 0.6) is 5.75 Å². The van der Waals surface area contributed by atoms with Crippen molar-refractivity contribution in [3.05, 3.63) is 59.7 Å². The van der Waals surface area contributed by atoms with Crippen LogP contribution in [0, 0.1) is 5.92 Å². The maximum absolute atomic E-state index is 12.5. The zero-order valence-electron chi connectivity index (χ0n) is 17.3. The molecule has 0 aromatic heterocycles. The number of hydrogen-bond donors (Lipinski definition) is 2. The summed E-state index contributed by atoms with van der Waals surface area (Å²) in [5.74, 6) is 0.0909. The van der Waals surface area contributed by atoms with E-state index in [9.17, 15) is 14.4 Å². The first-order valence-corrected chi connectivity index (χ1v) is 10.5. The van der Waals surface area contributed by atoms with Crippen molar-refractivity contribution in [3.8, 4) is 5.75 Å². The number of hydrogen-bond acceptors (Lipinski definition) is 4. The second kappa shape index (κ2) is 10.6. The molecule has 158 valence electrons. The molecule has 0 heterocycles. The van der Waals surface area contributed by atoms with Crippen LogP contribution in [0.1, 0.15) is 61.4 Å². The number of anilines is 1. The third-order valence-corrected chi connectivity index (χ3v) is 5.29. The molecule has 2 aromatic rings. The fourth-order valence-corrected chi connectivity index (χ4v) is 3.80. The van der Waals surface area contributed by atoms with Gasteiger partial charge in [-0.2, -0.15) is 0 Å². The molecule has 6 nitrogen and oxygen atoms in total. The lowest BCUT2D eigenvalue weighted by molar-refractivity contribution is -0.131. The molecule has 0 bridgehead atoms. The van der Waals surface area contributed by atoms with E-state index in [-0.39, 0.29) is 18.4 Å². The normalized spacial score (nSPS) is 14.0. The molecule has 1 saturated carbocycles. The van der Waals surface area contributed by atoms with Crippen molar-refractivity contribution in [2.75, 3.05) is 5.32 Å². The van der Waals surface area contributed by atoms with Gasteiger partial charge in [-0.05, 0) is 48.6 Å². The van der Waals surface area contributed by atoms with Gasteiger partial charge in [0.15, 0.2) is 0 Å². The minimum atomic E-state index is -0.439. The van der Waals surface area contributed by atoms with Crippen LogP contribution in [0.3, 0.4) is 0 Å². The molecule has 30 heavy (non-hydrogen) atoms. The lowest BCUT2D eigenvalue weighted by Gasteiger charge is -2.21. The summed E-state index contributed by atoms with van der Waals surface area (Å²) >= 11 is 0. The monoisotopic (exact) mass is 408 g/mol. The van der Waals surface area contributed by atoms with Crippen molar-refractivity contribution in [2.45, 2.75) is 52.0 Å². The number of benzene rings is 2. The van der Waals surface area contributed by atoms with Gasteiger partial charge in [0, 0.05) is 31.1 Å². The van der Waals surface area contributed by atoms with E-state index in [1.807, 2.05) is 24.3 Å². The van der Waals surface area contributed by atoms with Gasteiger partial charge in [0.2, 0.25) is 5.91 Å². The molecule has 0 spiro atoms. The van der Waals surface area contributed by atoms with E-state index in [1.165, 1.54) is 32.3 Å². The highest BCUT2D eigenvalue weighted by atomic mass is 16.5. The van der Waals surface area contributed by atoms with Gasteiger partial charge in [0.1, 0.15) is 5.75 Å². The highest BCUT2D eigenvalue weighted by Gasteiger charge is 2.18. The number of amides is 2. The Morgan fingerprint density at radius 3 is 2.53 bits per heavy atom. The smallest absolute Gasteiger partial charge is 0.308 e. The second-order valence-electron chi connectivity index (χ2n) is 7.72. The van der Waals surface area contributed by atoms with Crippen LogP contribution in [0.25, 0.3) is 0 Å². The number of para-hydroxylation sites is 1. The number of carbonyl (C=O) groups is 3. The molecule has 2 aromatic carbocycles. The Hall–Kier alpha value is -3.15. The van der Waals surface area contributed by atoms with Crippen molar-refractivity contribution in [2.24, 2.45) is 5.92 Å². The van der Waals surface area contributed by atoms with Gasteiger partial charge in [0.25, 0.3) is 5.91 Å². The minimum Gasteiger partial charge on any atom is -0.427 e. The molecule has 1 aliphatic rings. The summed E-state index contributed by atoms with van der Waals surface area (Å²) in [6, 6.07) is 13.9. The van der Waals surface area contributed by atoms with Gasteiger partial charge in [0.05, 0.1) is 0 Å². The van der Waals surface area contributed by atoms with Crippen molar-refractivity contribution in [3.63, 3.8) is 0 Å². The standard InChI is InChI=1S/C24H28N2O4/c1-17(27)30-21-12-7-11-19(15-21)24(29)25-16-20-10-5-6-13-22(20)26-23(28)14-18-8-3-2-4-9-18/h5-7,10-13,15,18H,2-4,8-9,14,16H2,1H3,(H,25,29)(H,26,28). The molecule has 0 unspecified atom stereocenters. The van der Waals surface area contributed by atoms with Gasteiger partial charge in [-0.15, -0.1) is 0 Å². The lowest BCUT2D eigenvalue weighted by Crippen LogP contribution is -2.24. The first-order valence-electron chi connectivity index (χ1n) is 10.5. The van der Waals surface area contributed by atoms with Crippen LogP contribution in [0.15, 0.2) is 48.5 Å². The van der Waals surface area contributed by atoms with Crippen molar-refractivity contribution in [1.29, 1.82) is 0 Å². The topological polar surface area (TPSA) is 84.5 Å². The number of rotatable bonds is 7. The first kappa shape index (κ1) is 21.6. The van der Waals surface area contributed by atoms with Crippen LogP contribution >= 0.6 is 0 Å². The van der Waals surface area contributed by atoms with Gasteiger partial charge in [-0.1, -0.05) is 43.5 Å². The Morgan fingerprint density at radius 1 is 1.00 bits per heavy atom. The molecule has 2 N–H and O–H groups in total. The van der Waals surface area contributed by atoms with E-state index in [0.717, 1.165) is 18.4 Å². The van der Waals surface area contributed by atoms with Crippen LogP contribution in [-0.2, 0) is 16.1 Å². The Kier molecular flexibility index (Phi) is 7.60. The zero-order chi connectivity index (χ0) is 21.3. The summed E-state index contributed by atoms with van der Waals surface area (Å²) in [5.41, 5.74) is 1.94. The van der Waals surface area contributed by atoms with Crippen LogP contribution in [0.4, 0.5) is 5.69 Å². The predicted molar refractivity (Wildman–Crippen MR) is 115 cm³/mol. The molecule has 0 radical (unpaired) electrons. The average molecular weight is 408 g/mol. The maximum Gasteiger partial charge on any atom is 0.308 e. The first-order chi connectivity index (χ1) is 14.5. The SMILES string of the molecule is CC(=O)Oc1cccc(C(=O)NCc2ccccc2NC(=O)CC2CCCCC2)c1. The van der Waals surface area contributed by atoms with Crippen molar-refractivity contribution < 1.29 is 19.1 Å². The van der Waals surface area contributed by atoms with Crippen molar-refractivity contribution >= 4 is 23.5 Å². The van der Waals surface area contributed by atoms with E-state index in [4.69, 9.17) is 4.74 Å². The zero-order valence-corrected chi connectivity index (χ0v) is 17.3.